The lowest BCUT2D eigenvalue weighted by atomic mass is 9.89. The summed E-state index contributed by atoms with van der Waals surface area (Å²) in [5.41, 5.74) is 0.486. The molecular weight excluding hydrogens is 287 g/mol. The molecule has 1 saturated heterocycles. The third-order valence-electron chi connectivity index (χ3n) is 3.37. The fraction of sp³-hybridized carbons (Fsp3) is 0.417. The monoisotopic (exact) mass is 298 g/mol. The minimum absolute atomic E-state index is 0.230. The normalized spacial score (nSPS) is 17.2. The summed E-state index contributed by atoms with van der Waals surface area (Å²) in [6.07, 6.45) is 1.51. The molecular formula is C12H12Cl2N4O. The molecule has 0 saturated carbocycles. The van der Waals surface area contributed by atoms with Crippen LogP contribution in [0.25, 0.3) is 11.5 Å². The van der Waals surface area contributed by atoms with Crippen molar-refractivity contribution >= 4 is 23.2 Å². The summed E-state index contributed by atoms with van der Waals surface area (Å²) in [7, 11) is 0. The van der Waals surface area contributed by atoms with Crippen LogP contribution in [0.1, 0.15) is 18.7 Å². The molecule has 2 aromatic rings. The molecule has 0 bridgehead atoms. The van der Waals surface area contributed by atoms with Crippen LogP contribution in [0.15, 0.2) is 16.8 Å². The molecule has 0 spiro atoms. The summed E-state index contributed by atoms with van der Waals surface area (Å²) < 4.78 is 5.30. The van der Waals surface area contributed by atoms with Gasteiger partial charge in [-0.15, -0.1) is 0 Å². The van der Waals surface area contributed by atoms with Gasteiger partial charge in [-0.2, -0.15) is 4.98 Å². The minimum atomic E-state index is 0.230. The Morgan fingerprint density at radius 1 is 1.42 bits per heavy atom. The van der Waals surface area contributed by atoms with Gasteiger partial charge in [0.25, 0.3) is 0 Å². The van der Waals surface area contributed by atoms with E-state index in [9.17, 15) is 0 Å². The van der Waals surface area contributed by atoms with Crippen molar-refractivity contribution in [2.24, 2.45) is 5.92 Å². The molecule has 3 rings (SSSR count). The first-order chi connectivity index (χ1) is 9.15. The van der Waals surface area contributed by atoms with Gasteiger partial charge < -0.3 is 9.84 Å². The van der Waals surface area contributed by atoms with Gasteiger partial charge in [0.1, 0.15) is 5.69 Å². The molecule has 1 N–H and O–H groups in total. The Morgan fingerprint density at radius 3 is 2.84 bits per heavy atom. The zero-order chi connectivity index (χ0) is 13.4. The molecule has 100 valence electrons. The van der Waals surface area contributed by atoms with Gasteiger partial charge >= 0.3 is 0 Å². The van der Waals surface area contributed by atoms with Gasteiger partial charge in [-0.05, 0) is 25.1 Å². The van der Waals surface area contributed by atoms with E-state index in [1.165, 1.54) is 6.20 Å². The van der Waals surface area contributed by atoms with E-state index in [0.29, 0.717) is 33.4 Å². The largest absolute Gasteiger partial charge is 0.339 e. The van der Waals surface area contributed by atoms with Crippen LogP contribution in [-0.2, 0) is 0 Å². The molecule has 2 aromatic heterocycles. The van der Waals surface area contributed by atoms with E-state index in [2.05, 4.69) is 27.4 Å². The first kappa shape index (κ1) is 12.8. The molecule has 0 amide bonds. The second-order valence-electron chi connectivity index (χ2n) is 4.65. The lowest BCUT2D eigenvalue weighted by molar-refractivity contribution is 0.252. The van der Waals surface area contributed by atoms with E-state index < -0.39 is 0 Å². The Hall–Kier alpha value is -1.17. The highest BCUT2D eigenvalue weighted by molar-refractivity contribution is 6.35. The Bertz CT molecular complexity index is 597. The number of pyridine rings is 1. The van der Waals surface area contributed by atoms with Crippen molar-refractivity contribution in [3.8, 4) is 11.5 Å². The van der Waals surface area contributed by atoms with Crippen LogP contribution >= 0.6 is 23.2 Å². The zero-order valence-electron chi connectivity index (χ0n) is 10.2. The third-order valence-corrected chi connectivity index (χ3v) is 3.87. The van der Waals surface area contributed by atoms with Crippen LogP contribution in [-0.4, -0.2) is 28.2 Å². The summed E-state index contributed by atoms with van der Waals surface area (Å²) in [4.78, 5) is 8.52. The van der Waals surface area contributed by atoms with Crippen molar-refractivity contribution in [3.05, 3.63) is 28.2 Å². The van der Waals surface area contributed by atoms with Gasteiger partial charge in [-0.1, -0.05) is 35.3 Å². The molecule has 1 fully saturated rings. The molecule has 5 nitrogen and oxygen atoms in total. The van der Waals surface area contributed by atoms with E-state index in [4.69, 9.17) is 27.7 Å². The summed E-state index contributed by atoms with van der Waals surface area (Å²) in [5, 5.41) is 8.06. The van der Waals surface area contributed by atoms with E-state index in [1.54, 1.807) is 6.07 Å². The van der Waals surface area contributed by atoms with Crippen LogP contribution in [0.3, 0.4) is 0 Å². The zero-order valence-corrected chi connectivity index (χ0v) is 11.7. The fourth-order valence-electron chi connectivity index (χ4n) is 1.96. The molecule has 1 aliphatic rings. The van der Waals surface area contributed by atoms with Gasteiger partial charge in [0.15, 0.2) is 0 Å². The Labute approximate surface area is 120 Å². The molecule has 0 aromatic carbocycles. The second kappa shape index (κ2) is 5.07. The highest BCUT2D eigenvalue weighted by Crippen LogP contribution is 2.29. The molecule has 1 unspecified atom stereocenters. The van der Waals surface area contributed by atoms with Crippen molar-refractivity contribution in [2.75, 3.05) is 13.1 Å². The van der Waals surface area contributed by atoms with Crippen molar-refractivity contribution in [1.82, 2.24) is 20.4 Å². The van der Waals surface area contributed by atoms with E-state index in [1.807, 2.05) is 0 Å². The first-order valence-electron chi connectivity index (χ1n) is 6.01. The van der Waals surface area contributed by atoms with Gasteiger partial charge in [-0.25, -0.2) is 4.98 Å². The maximum atomic E-state index is 6.08. The smallest absolute Gasteiger partial charge is 0.230 e. The Morgan fingerprint density at radius 2 is 2.21 bits per heavy atom. The maximum Gasteiger partial charge on any atom is 0.230 e. The minimum Gasteiger partial charge on any atom is -0.339 e. The highest BCUT2D eigenvalue weighted by atomic mass is 35.5. The summed E-state index contributed by atoms with van der Waals surface area (Å²) in [6.45, 7) is 4.05. The average Bonchev–Trinajstić information content (AvgIpc) is 2.75. The molecule has 1 aliphatic heterocycles. The Kier molecular flexibility index (Phi) is 3.43. The second-order valence-corrected chi connectivity index (χ2v) is 5.49. The predicted octanol–water partition coefficient (Wildman–Crippen LogP) is 2.76. The van der Waals surface area contributed by atoms with Gasteiger partial charge in [0.05, 0.1) is 10.0 Å². The molecule has 7 heteroatoms. The quantitative estimate of drug-likeness (QED) is 0.944. The number of halogens is 2. The molecule has 0 aliphatic carbocycles. The lowest BCUT2D eigenvalue weighted by Gasteiger charge is -2.30. The number of aromatic nitrogens is 3. The number of rotatable bonds is 3. The van der Waals surface area contributed by atoms with Gasteiger partial charge in [0.2, 0.25) is 11.7 Å². The number of hydrogen-bond donors (Lipinski definition) is 1. The first-order valence-corrected chi connectivity index (χ1v) is 6.76. The number of nitrogens with one attached hydrogen (secondary N) is 1. The summed E-state index contributed by atoms with van der Waals surface area (Å²) in [5.74, 6) is 1.79. The van der Waals surface area contributed by atoms with Crippen molar-refractivity contribution in [2.45, 2.75) is 12.8 Å². The van der Waals surface area contributed by atoms with E-state index >= 15 is 0 Å². The lowest BCUT2D eigenvalue weighted by Crippen LogP contribution is -2.44. The van der Waals surface area contributed by atoms with Crippen LogP contribution in [0.4, 0.5) is 0 Å². The van der Waals surface area contributed by atoms with Crippen LogP contribution in [0.2, 0.25) is 10.0 Å². The van der Waals surface area contributed by atoms with Crippen LogP contribution < -0.4 is 5.32 Å². The number of nitrogens with zero attached hydrogens (tertiary/aromatic N) is 3. The van der Waals surface area contributed by atoms with Crippen LogP contribution in [0, 0.1) is 5.92 Å². The fourth-order valence-corrected chi connectivity index (χ4v) is 2.43. The molecule has 1 atom stereocenters. The highest BCUT2D eigenvalue weighted by Gasteiger charge is 2.29. The van der Waals surface area contributed by atoms with Crippen molar-refractivity contribution in [1.29, 1.82) is 0 Å². The van der Waals surface area contributed by atoms with Gasteiger partial charge in [-0.3, -0.25) is 0 Å². The number of hydrogen-bond acceptors (Lipinski definition) is 5. The topological polar surface area (TPSA) is 63.8 Å². The third kappa shape index (κ3) is 2.45. The molecule has 0 radical (unpaired) electrons. The maximum absolute atomic E-state index is 6.08. The molecule has 3 heterocycles. The van der Waals surface area contributed by atoms with Crippen molar-refractivity contribution in [3.63, 3.8) is 0 Å². The standard InChI is InChI=1S/C12H12Cl2N4O/c1-6(7-3-15-4-7)12-17-11(18-19-12)10-9(14)2-8(13)5-16-10/h2,5-7,15H,3-4H2,1H3. The summed E-state index contributed by atoms with van der Waals surface area (Å²) in [6, 6.07) is 1.61. The Balaban J connectivity index is 1.87. The van der Waals surface area contributed by atoms with E-state index in [0.717, 1.165) is 13.1 Å². The average molecular weight is 299 g/mol. The van der Waals surface area contributed by atoms with Crippen LogP contribution in [0.5, 0.6) is 0 Å². The SMILES string of the molecule is CC(c1nc(-c2ncc(Cl)cc2Cl)no1)C1CNC1. The predicted molar refractivity (Wildman–Crippen MR) is 72.3 cm³/mol. The van der Waals surface area contributed by atoms with Crippen molar-refractivity contribution < 1.29 is 4.52 Å². The summed E-state index contributed by atoms with van der Waals surface area (Å²) >= 11 is 11.9. The van der Waals surface area contributed by atoms with Gasteiger partial charge in [0, 0.05) is 12.1 Å². The molecule has 19 heavy (non-hydrogen) atoms. The van der Waals surface area contributed by atoms with E-state index in [-0.39, 0.29) is 5.92 Å².